The first-order chi connectivity index (χ1) is 15.2. The number of aryl methyl sites for hydroxylation is 1. The minimum Gasteiger partial charge on any atom is -0.343 e. The molecular weight excluding hydrogens is 423 g/mol. The number of amides is 2. The van der Waals surface area contributed by atoms with E-state index in [0.29, 0.717) is 24.2 Å². The van der Waals surface area contributed by atoms with E-state index in [0.717, 1.165) is 23.9 Å². The van der Waals surface area contributed by atoms with Gasteiger partial charge < -0.3 is 10.2 Å². The number of halogens is 3. The van der Waals surface area contributed by atoms with Gasteiger partial charge in [0.15, 0.2) is 0 Å². The van der Waals surface area contributed by atoms with Crippen molar-refractivity contribution >= 4 is 22.8 Å². The number of carbonyl (C=O) groups is 2. The lowest BCUT2D eigenvalue weighted by molar-refractivity contribution is -0.123. The predicted octanol–water partition coefficient (Wildman–Crippen LogP) is 3.55. The lowest BCUT2D eigenvalue weighted by atomic mass is 10.1. The summed E-state index contributed by atoms with van der Waals surface area (Å²) in [5, 5.41) is 10.0. The third-order valence-electron chi connectivity index (χ3n) is 5.33. The van der Waals surface area contributed by atoms with Gasteiger partial charge in [0.1, 0.15) is 12.1 Å². The summed E-state index contributed by atoms with van der Waals surface area (Å²) in [7, 11) is 0. The van der Waals surface area contributed by atoms with E-state index in [1.54, 1.807) is 33.8 Å². The fraction of sp³-hybridized carbons (Fsp3) is 0.364. The first-order valence-electron chi connectivity index (χ1n) is 10.3. The zero-order valence-electron chi connectivity index (χ0n) is 17.4. The number of fused-ring (bicyclic) bond motifs is 1. The molecule has 0 atom stereocenters. The van der Waals surface area contributed by atoms with Crippen molar-refractivity contribution in [2.75, 3.05) is 6.54 Å². The summed E-state index contributed by atoms with van der Waals surface area (Å²) in [6, 6.07) is 11.7. The number of aromatic nitrogens is 3. The van der Waals surface area contributed by atoms with Crippen molar-refractivity contribution in [2.45, 2.75) is 45.1 Å². The fourth-order valence-electron chi connectivity index (χ4n) is 3.50. The Morgan fingerprint density at radius 3 is 2.44 bits per heavy atom. The summed E-state index contributed by atoms with van der Waals surface area (Å²) < 4.78 is 38.6. The van der Waals surface area contributed by atoms with Gasteiger partial charge in [0.2, 0.25) is 0 Å². The molecule has 7 nitrogen and oxygen atoms in total. The van der Waals surface area contributed by atoms with E-state index < -0.39 is 18.6 Å². The molecule has 1 fully saturated rings. The van der Waals surface area contributed by atoms with Gasteiger partial charge in [0.25, 0.3) is 11.8 Å². The van der Waals surface area contributed by atoms with Crippen molar-refractivity contribution < 1.29 is 22.8 Å². The Morgan fingerprint density at radius 2 is 1.81 bits per heavy atom. The Balaban J connectivity index is 1.47. The van der Waals surface area contributed by atoms with Gasteiger partial charge in [-0.2, -0.15) is 13.2 Å². The molecule has 0 bridgehead atoms. The summed E-state index contributed by atoms with van der Waals surface area (Å²) in [5.74, 6) is -0.912. The second kappa shape index (κ2) is 8.60. The number of nitrogens with one attached hydrogen (secondary N) is 1. The molecule has 0 unspecified atom stereocenters. The third kappa shape index (κ3) is 4.90. The van der Waals surface area contributed by atoms with Crippen LogP contribution in [0.4, 0.5) is 13.2 Å². The molecule has 10 heteroatoms. The number of hydrogen-bond acceptors (Lipinski definition) is 4. The monoisotopic (exact) mass is 445 g/mol. The Bertz CT molecular complexity index is 1140. The second-order valence-corrected chi connectivity index (χ2v) is 7.77. The van der Waals surface area contributed by atoms with Crippen molar-refractivity contribution in [2.24, 2.45) is 0 Å². The highest BCUT2D eigenvalue weighted by Gasteiger charge is 2.33. The molecule has 168 valence electrons. The molecule has 0 aliphatic heterocycles. The van der Waals surface area contributed by atoms with Crippen LogP contribution in [0.2, 0.25) is 0 Å². The third-order valence-corrected chi connectivity index (χ3v) is 5.33. The minimum absolute atomic E-state index is 0.118. The van der Waals surface area contributed by atoms with Crippen LogP contribution < -0.4 is 5.32 Å². The second-order valence-electron chi connectivity index (χ2n) is 7.77. The van der Waals surface area contributed by atoms with E-state index in [1.165, 1.54) is 12.1 Å². The van der Waals surface area contributed by atoms with Crippen LogP contribution in [0.5, 0.6) is 0 Å². The maximum absolute atomic E-state index is 13.2. The van der Waals surface area contributed by atoms with E-state index in [2.05, 4.69) is 10.3 Å². The zero-order valence-corrected chi connectivity index (χ0v) is 17.4. The van der Waals surface area contributed by atoms with E-state index in [9.17, 15) is 22.8 Å². The lowest BCUT2D eigenvalue weighted by Gasteiger charge is -2.23. The van der Waals surface area contributed by atoms with Crippen LogP contribution in [-0.2, 0) is 13.1 Å². The number of rotatable bonds is 7. The van der Waals surface area contributed by atoms with Crippen LogP contribution >= 0.6 is 0 Å². The standard InChI is InChI=1S/C22H22F3N5O2/c1-2-30-19-10-7-16(11-18(19)27-28-30)21(32)29(17-8-9-17)12-14-3-5-15(6-4-14)20(31)26-13-22(23,24)25/h3-7,10-11,17H,2,8-9,12-13H2,1H3,(H,26,31). The molecule has 1 aliphatic carbocycles. The summed E-state index contributed by atoms with van der Waals surface area (Å²) in [6.45, 7) is 1.61. The van der Waals surface area contributed by atoms with E-state index >= 15 is 0 Å². The van der Waals surface area contributed by atoms with Crippen molar-refractivity contribution in [1.29, 1.82) is 0 Å². The molecule has 0 saturated heterocycles. The number of carbonyl (C=O) groups excluding carboxylic acids is 2. The smallest absolute Gasteiger partial charge is 0.343 e. The van der Waals surface area contributed by atoms with Gasteiger partial charge in [0.05, 0.1) is 5.52 Å². The van der Waals surface area contributed by atoms with E-state index in [4.69, 9.17) is 0 Å². The number of hydrogen-bond donors (Lipinski definition) is 1. The Labute approximate surface area is 182 Å². The molecule has 0 spiro atoms. The van der Waals surface area contributed by atoms with E-state index in [-0.39, 0.29) is 17.5 Å². The molecule has 32 heavy (non-hydrogen) atoms. The average Bonchev–Trinajstić information content (AvgIpc) is 3.53. The van der Waals surface area contributed by atoms with Crippen LogP contribution in [-0.4, -0.2) is 50.5 Å². The first kappa shape index (κ1) is 21.8. The van der Waals surface area contributed by atoms with Crippen molar-refractivity contribution in [1.82, 2.24) is 25.2 Å². The maximum atomic E-state index is 13.2. The average molecular weight is 445 g/mol. The van der Waals surface area contributed by atoms with Crippen LogP contribution in [0.25, 0.3) is 11.0 Å². The van der Waals surface area contributed by atoms with Crippen LogP contribution in [0.1, 0.15) is 46.0 Å². The molecule has 4 rings (SSSR count). The molecule has 1 heterocycles. The molecule has 1 aliphatic rings. The Hall–Kier alpha value is -3.43. The molecule has 2 aromatic carbocycles. The lowest BCUT2D eigenvalue weighted by Crippen LogP contribution is -2.34. The van der Waals surface area contributed by atoms with Gasteiger partial charge in [-0.15, -0.1) is 5.10 Å². The molecule has 1 aromatic heterocycles. The van der Waals surface area contributed by atoms with Crippen molar-refractivity contribution in [3.63, 3.8) is 0 Å². The van der Waals surface area contributed by atoms with Crippen molar-refractivity contribution in [3.05, 3.63) is 59.2 Å². The van der Waals surface area contributed by atoms with Crippen LogP contribution in [0, 0.1) is 0 Å². The van der Waals surface area contributed by atoms with Gasteiger partial charge in [-0.05, 0) is 55.7 Å². The van der Waals surface area contributed by atoms with Crippen LogP contribution in [0.15, 0.2) is 42.5 Å². The SMILES string of the molecule is CCn1nnc2cc(C(=O)N(Cc3ccc(C(=O)NCC(F)(F)F)cc3)C3CC3)ccc21. The Kier molecular flexibility index (Phi) is 5.86. The number of alkyl halides is 3. The molecular formula is C22H22F3N5O2. The molecule has 1 N–H and O–H groups in total. The van der Waals surface area contributed by atoms with Gasteiger partial charge in [-0.3, -0.25) is 9.59 Å². The largest absolute Gasteiger partial charge is 0.405 e. The summed E-state index contributed by atoms with van der Waals surface area (Å²) in [6.07, 6.45) is -2.63. The fourth-order valence-corrected chi connectivity index (χ4v) is 3.50. The van der Waals surface area contributed by atoms with Gasteiger partial charge in [-0.25, -0.2) is 4.68 Å². The normalized spacial score (nSPS) is 13.9. The molecule has 2 amide bonds. The van der Waals surface area contributed by atoms with Gasteiger partial charge >= 0.3 is 6.18 Å². The predicted molar refractivity (Wildman–Crippen MR) is 111 cm³/mol. The van der Waals surface area contributed by atoms with Gasteiger partial charge in [-0.1, -0.05) is 17.3 Å². The first-order valence-corrected chi connectivity index (χ1v) is 10.3. The Morgan fingerprint density at radius 1 is 1.12 bits per heavy atom. The maximum Gasteiger partial charge on any atom is 0.405 e. The minimum atomic E-state index is -4.46. The summed E-state index contributed by atoms with van der Waals surface area (Å²) >= 11 is 0. The molecule has 1 saturated carbocycles. The molecule has 0 radical (unpaired) electrons. The molecule has 3 aromatic rings. The highest BCUT2D eigenvalue weighted by molar-refractivity contribution is 5.97. The summed E-state index contributed by atoms with van der Waals surface area (Å²) in [4.78, 5) is 26.9. The number of benzene rings is 2. The van der Waals surface area contributed by atoms with Gasteiger partial charge in [0, 0.05) is 30.3 Å². The van der Waals surface area contributed by atoms with Crippen LogP contribution in [0.3, 0.4) is 0 Å². The summed E-state index contributed by atoms with van der Waals surface area (Å²) in [5.41, 5.74) is 2.96. The number of nitrogens with zero attached hydrogens (tertiary/aromatic N) is 4. The van der Waals surface area contributed by atoms with Crippen molar-refractivity contribution in [3.8, 4) is 0 Å². The van der Waals surface area contributed by atoms with E-state index in [1.807, 2.05) is 18.3 Å². The quantitative estimate of drug-likeness (QED) is 0.603. The zero-order chi connectivity index (χ0) is 22.9. The topological polar surface area (TPSA) is 80.1 Å². The highest BCUT2D eigenvalue weighted by Crippen LogP contribution is 2.30. The highest BCUT2D eigenvalue weighted by atomic mass is 19.4.